The molecule has 196 valence electrons. The summed E-state index contributed by atoms with van der Waals surface area (Å²) in [6, 6.07) is 8.84. The van der Waals surface area contributed by atoms with Crippen molar-refractivity contribution in [1.82, 2.24) is 14.6 Å². The molecule has 0 atom stereocenters. The first-order valence-electron chi connectivity index (χ1n) is 11.3. The molecule has 0 spiro atoms. The van der Waals surface area contributed by atoms with E-state index in [1.54, 1.807) is 32.0 Å². The number of aliphatic hydroxyl groups is 1. The predicted molar refractivity (Wildman–Crippen MR) is 130 cm³/mol. The van der Waals surface area contributed by atoms with Gasteiger partial charge < -0.3 is 20.7 Å². The number of aryl methyl sites for hydroxylation is 2. The number of nitrogens with two attached hydrogens (primary N) is 1. The van der Waals surface area contributed by atoms with Gasteiger partial charge in [-0.2, -0.15) is 4.98 Å². The molecule has 0 radical (unpaired) electrons. The zero-order chi connectivity index (χ0) is 27.1. The number of primary amides is 1. The van der Waals surface area contributed by atoms with Crippen molar-refractivity contribution in [1.29, 1.82) is 0 Å². The lowest BCUT2D eigenvalue weighted by Gasteiger charge is -2.13. The molecule has 1 aliphatic heterocycles. The Bertz CT molecular complexity index is 1360. The van der Waals surface area contributed by atoms with Crippen LogP contribution >= 0.6 is 0 Å². The average Bonchev–Trinajstić information content (AvgIpc) is 3.26. The van der Waals surface area contributed by atoms with E-state index in [1.807, 2.05) is 0 Å². The Labute approximate surface area is 211 Å². The van der Waals surface area contributed by atoms with Crippen LogP contribution in [-0.4, -0.2) is 56.4 Å². The number of aromatic hydroxyl groups is 1. The molecule has 4 N–H and O–H groups in total. The zero-order valence-electron chi connectivity index (χ0n) is 20.3. The molecule has 1 aromatic heterocycles. The van der Waals surface area contributed by atoms with Gasteiger partial charge in [-0.25, -0.2) is 9.45 Å². The number of rotatable bonds is 7. The van der Waals surface area contributed by atoms with Crippen molar-refractivity contribution < 1.29 is 33.8 Å². The molecule has 1 fully saturated rings. The summed E-state index contributed by atoms with van der Waals surface area (Å²) < 4.78 is 19.7. The lowest BCUT2D eigenvalue weighted by molar-refractivity contribution is -0.163. The molecule has 0 bridgehead atoms. The first kappa shape index (κ1) is 27.3. The fourth-order valence-corrected chi connectivity index (χ4v) is 3.42. The van der Waals surface area contributed by atoms with Gasteiger partial charge in [0.25, 0.3) is 5.88 Å². The smallest absolute Gasteiger partial charge is 0.304 e. The molecule has 0 saturated carbocycles. The number of aliphatic hydroxyl groups excluding tert-OH is 1. The highest BCUT2D eigenvalue weighted by Gasteiger charge is 2.20. The van der Waals surface area contributed by atoms with Crippen molar-refractivity contribution in [2.24, 2.45) is 5.73 Å². The molecule has 1 aliphatic rings. The molecule has 11 nitrogen and oxygen atoms in total. The summed E-state index contributed by atoms with van der Waals surface area (Å²) in [5.41, 5.74) is 7.16. The first-order valence-corrected chi connectivity index (χ1v) is 11.3. The number of hydrogen-bond acceptors (Lipinski definition) is 8. The second-order valence-electron chi connectivity index (χ2n) is 8.10. The number of benzene rings is 2. The Morgan fingerprint density at radius 2 is 1.95 bits per heavy atom. The van der Waals surface area contributed by atoms with Crippen molar-refractivity contribution in [2.75, 3.05) is 19.8 Å². The summed E-state index contributed by atoms with van der Waals surface area (Å²) in [7, 11) is 0. The third-order valence-corrected chi connectivity index (χ3v) is 5.48. The molecular formula is C25H27FN4O7. The fraction of sp³-hybridized carbons (Fsp3) is 0.280. The van der Waals surface area contributed by atoms with E-state index in [4.69, 9.17) is 20.4 Å². The first-order chi connectivity index (χ1) is 17.6. The van der Waals surface area contributed by atoms with Gasteiger partial charge in [0, 0.05) is 5.56 Å². The molecule has 3 aromatic rings. The van der Waals surface area contributed by atoms with E-state index in [-0.39, 0.29) is 36.4 Å². The summed E-state index contributed by atoms with van der Waals surface area (Å²) in [6.07, 6.45) is 1.64. The van der Waals surface area contributed by atoms with E-state index in [2.05, 4.69) is 4.98 Å². The molecule has 37 heavy (non-hydrogen) atoms. The van der Waals surface area contributed by atoms with Crippen molar-refractivity contribution in [2.45, 2.75) is 26.9 Å². The SMILES string of the molecule is Cc1cc(F)ccc1COc1ncn(-c2cc(C(N)=O)ccc2C)c(=O)c1O.O=C1CCON1CCO. The third kappa shape index (κ3) is 6.68. The van der Waals surface area contributed by atoms with E-state index >= 15 is 0 Å². The maximum atomic E-state index is 13.2. The molecule has 2 heterocycles. The van der Waals surface area contributed by atoms with Gasteiger partial charge in [0.2, 0.25) is 17.6 Å². The second kappa shape index (κ2) is 12.1. The number of β-amino-alcohol motifs (C(OH)–C–C–N with tert-alkyl or cyclic N) is 1. The summed E-state index contributed by atoms with van der Waals surface area (Å²) in [6.45, 7) is 4.18. The number of amides is 2. The molecule has 0 unspecified atom stereocenters. The number of hydrogen-bond donors (Lipinski definition) is 3. The van der Waals surface area contributed by atoms with Gasteiger partial charge in [0.1, 0.15) is 18.8 Å². The van der Waals surface area contributed by atoms with Gasteiger partial charge in [-0.15, -0.1) is 0 Å². The van der Waals surface area contributed by atoms with E-state index in [0.717, 1.165) is 4.57 Å². The number of nitrogens with zero attached hydrogens (tertiary/aromatic N) is 3. The van der Waals surface area contributed by atoms with Crippen LogP contribution in [0.25, 0.3) is 5.69 Å². The Kier molecular flexibility index (Phi) is 8.93. The maximum Gasteiger partial charge on any atom is 0.304 e. The standard InChI is InChI=1S/C20H18FN3O4.C5H9NO3/c1-11-3-4-13(18(22)26)8-16(11)24-10-23-19(17(25)20(24)27)28-9-14-5-6-15(21)7-12(14)2;7-3-2-6-5(8)1-4-9-6/h3-8,10,25H,9H2,1-2H3,(H2,22,26);7H,1-4H2. The van der Waals surface area contributed by atoms with E-state index < -0.39 is 17.2 Å². The van der Waals surface area contributed by atoms with Crippen molar-refractivity contribution in [3.63, 3.8) is 0 Å². The highest BCUT2D eigenvalue weighted by atomic mass is 19.1. The number of ether oxygens (including phenoxy) is 1. The number of carbonyl (C=O) groups excluding carboxylic acids is 2. The lowest BCUT2D eigenvalue weighted by atomic mass is 10.1. The largest absolute Gasteiger partial charge is 0.499 e. The molecular weight excluding hydrogens is 487 g/mol. The number of aromatic nitrogens is 2. The van der Waals surface area contributed by atoms with Crippen LogP contribution in [-0.2, 0) is 16.2 Å². The van der Waals surface area contributed by atoms with E-state index in [9.17, 15) is 23.9 Å². The average molecular weight is 515 g/mol. The van der Waals surface area contributed by atoms with Gasteiger partial charge in [-0.05, 0) is 54.8 Å². The minimum atomic E-state index is -0.759. The molecule has 2 aromatic carbocycles. The molecule has 2 amide bonds. The zero-order valence-corrected chi connectivity index (χ0v) is 20.3. The van der Waals surface area contributed by atoms with E-state index in [1.165, 1.54) is 29.6 Å². The highest BCUT2D eigenvalue weighted by Crippen LogP contribution is 2.22. The van der Waals surface area contributed by atoms with Crippen LogP contribution in [0.5, 0.6) is 11.6 Å². The second-order valence-corrected chi connectivity index (χ2v) is 8.10. The summed E-state index contributed by atoms with van der Waals surface area (Å²) in [5.74, 6) is -1.96. The predicted octanol–water partition coefficient (Wildman–Crippen LogP) is 1.51. The monoisotopic (exact) mass is 514 g/mol. The van der Waals surface area contributed by atoms with Gasteiger partial charge in [0.15, 0.2) is 0 Å². The van der Waals surface area contributed by atoms with Crippen LogP contribution in [0.3, 0.4) is 0 Å². The summed E-state index contributed by atoms with van der Waals surface area (Å²) in [4.78, 5) is 43.4. The lowest BCUT2D eigenvalue weighted by Crippen LogP contribution is -2.26. The summed E-state index contributed by atoms with van der Waals surface area (Å²) >= 11 is 0. The van der Waals surface area contributed by atoms with Crippen LogP contribution in [0.2, 0.25) is 0 Å². The molecule has 1 saturated heterocycles. The minimum absolute atomic E-state index is 0.00626. The summed E-state index contributed by atoms with van der Waals surface area (Å²) in [5, 5.41) is 19.8. The van der Waals surface area contributed by atoms with Crippen molar-refractivity contribution >= 4 is 11.8 Å². The van der Waals surface area contributed by atoms with E-state index in [0.29, 0.717) is 42.0 Å². The van der Waals surface area contributed by atoms with Gasteiger partial charge in [-0.1, -0.05) is 12.1 Å². The normalized spacial score (nSPS) is 12.8. The van der Waals surface area contributed by atoms with Crippen molar-refractivity contribution in [3.8, 4) is 17.3 Å². The quantitative estimate of drug-likeness (QED) is 0.428. The van der Waals surface area contributed by atoms with Crippen LogP contribution < -0.4 is 16.0 Å². The minimum Gasteiger partial charge on any atom is -0.499 e. The van der Waals surface area contributed by atoms with Gasteiger partial charge >= 0.3 is 5.56 Å². The van der Waals surface area contributed by atoms with Crippen molar-refractivity contribution in [3.05, 3.63) is 81.2 Å². The van der Waals surface area contributed by atoms with Gasteiger partial charge in [-0.3, -0.25) is 23.8 Å². The Hall–Kier alpha value is -4.29. The van der Waals surface area contributed by atoms with Crippen LogP contribution in [0.1, 0.15) is 33.5 Å². The van der Waals surface area contributed by atoms with Crippen LogP contribution in [0, 0.1) is 19.7 Å². The number of halogens is 1. The molecule has 4 rings (SSSR count). The number of hydroxylamine groups is 2. The third-order valence-electron chi connectivity index (χ3n) is 5.48. The molecule has 0 aliphatic carbocycles. The fourth-order valence-electron chi connectivity index (χ4n) is 3.42. The van der Waals surface area contributed by atoms with Crippen LogP contribution in [0.15, 0.2) is 47.5 Å². The van der Waals surface area contributed by atoms with Gasteiger partial charge in [0.05, 0.1) is 31.9 Å². The Morgan fingerprint density at radius 1 is 1.19 bits per heavy atom. The Balaban J connectivity index is 0.000000356. The Morgan fingerprint density at radius 3 is 2.57 bits per heavy atom. The van der Waals surface area contributed by atoms with Crippen LogP contribution in [0.4, 0.5) is 4.39 Å². The number of carbonyl (C=O) groups is 2. The molecule has 12 heteroatoms. The highest BCUT2D eigenvalue weighted by molar-refractivity contribution is 5.93. The maximum absolute atomic E-state index is 13.2. The topological polar surface area (TPSA) is 157 Å².